The van der Waals surface area contributed by atoms with Gasteiger partial charge in [-0.2, -0.15) is 0 Å². The van der Waals surface area contributed by atoms with Gasteiger partial charge in [0.2, 0.25) is 5.88 Å². The molecule has 4 heteroatoms. The number of carbonyl (C=O) groups is 1. The van der Waals surface area contributed by atoms with Gasteiger partial charge in [-0.15, -0.1) is 0 Å². The van der Waals surface area contributed by atoms with E-state index in [4.69, 9.17) is 4.74 Å². The number of rotatable bonds is 2. The second kappa shape index (κ2) is 4.37. The molecule has 70 valence electrons. The van der Waals surface area contributed by atoms with Crippen LogP contribution in [0.3, 0.4) is 0 Å². The van der Waals surface area contributed by atoms with Gasteiger partial charge in [0.05, 0.1) is 0 Å². The molecule has 0 bridgehead atoms. The normalized spacial score (nSPS) is 9.77. The molecule has 13 heavy (non-hydrogen) atoms. The Labute approximate surface area is 85.3 Å². The number of hydrogen-bond donors (Lipinski definition) is 0. The highest BCUT2D eigenvalue weighted by Crippen LogP contribution is 2.18. The minimum Gasteiger partial charge on any atom is -0.407 e. The van der Waals surface area contributed by atoms with Crippen LogP contribution in [0.1, 0.15) is 18.9 Å². The van der Waals surface area contributed by atoms with Gasteiger partial charge in [0.1, 0.15) is 0 Å². The zero-order chi connectivity index (χ0) is 9.84. The second-order valence-corrected chi connectivity index (χ2v) is 3.52. The number of hydrogen-bond acceptors (Lipinski definition) is 3. The number of pyridine rings is 1. The molecule has 0 radical (unpaired) electrons. The van der Waals surface area contributed by atoms with Gasteiger partial charge in [0, 0.05) is 22.7 Å². The molecule has 0 amide bonds. The lowest BCUT2D eigenvalue weighted by molar-refractivity contribution is -0.134. The predicted molar refractivity (Wildman–Crippen MR) is 52.6 cm³/mol. The van der Waals surface area contributed by atoms with E-state index in [0.717, 1.165) is 10.0 Å². The molecule has 1 aromatic rings. The number of esters is 1. The lowest BCUT2D eigenvalue weighted by Crippen LogP contribution is -2.07. The summed E-state index contributed by atoms with van der Waals surface area (Å²) in [5.41, 5.74) is 0.844. The molecule has 0 saturated heterocycles. The average Bonchev–Trinajstić information content (AvgIpc) is 2.09. The SMILES string of the molecule is CCC(=O)Oc1ncc(Br)cc1C. The molecule has 0 unspecified atom stereocenters. The van der Waals surface area contributed by atoms with E-state index < -0.39 is 0 Å². The van der Waals surface area contributed by atoms with Crippen LogP contribution in [0, 0.1) is 6.92 Å². The maximum atomic E-state index is 10.9. The Bertz CT molecular complexity index is 325. The third-order valence-electron chi connectivity index (χ3n) is 1.50. The Morgan fingerprint density at radius 3 is 2.92 bits per heavy atom. The highest BCUT2D eigenvalue weighted by Gasteiger charge is 2.06. The van der Waals surface area contributed by atoms with Gasteiger partial charge < -0.3 is 4.74 Å². The van der Waals surface area contributed by atoms with Crippen LogP contribution in [0.15, 0.2) is 16.7 Å². The first-order chi connectivity index (χ1) is 6.13. The maximum Gasteiger partial charge on any atom is 0.312 e. The standard InChI is InChI=1S/C9H10BrNO2/c1-3-8(12)13-9-6(2)4-7(10)5-11-9/h4-5H,3H2,1-2H3. The Morgan fingerprint density at radius 2 is 2.38 bits per heavy atom. The van der Waals surface area contributed by atoms with E-state index in [1.165, 1.54) is 0 Å². The first-order valence-electron chi connectivity index (χ1n) is 3.96. The lowest BCUT2D eigenvalue weighted by atomic mass is 10.3. The first-order valence-corrected chi connectivity index (χ1v) is 4.75. The fraction of sp³-hybridized carbons (Fsp3) is 0.333. The molecule has 1 rings (SSSR count). The minimum atomic E-state index is -0.266. The van der Waals surface area contributed by atoms with Gasteiger partial charge in [0.25, 0.3) is 0 Å². The van der Waals surface area contributed by atoms with E-state index in [2.05, 4.69) is 20.9 Å². The van der Waals surface area contributed by atoms with Crippen molar-refractivity contribution in [2.24, 2.45) is 0 Å². The Morgan fingerprint density at radius 1 is 1.69 bits per heavy atom. The summed E-state index contributed by atoms with van der Waals surface area (Å²) < 4.78 is 5.85. The van der Waals surface area contributed by atoms with Crippen molar-refractivity contribution in [3.8, 4) is 5.88 Å². The van der Waals surface area contributed by atoms with Crippen LogP contribution in [-0.4, -0.2) is 11.0 Å². The van der Waals surface area contributed by atoms with E-state index >= 15 is 0 Å². The summed E-state index contributed by atoms with van der Waals surface area (Å²) in [6, 6.07) is 1.85. The van der Waals surface area contributed by atoms with Crippen LogP contribution in [0.4, 0.5) is 0 Å². The molecule has 0 spiro atoms. The minimum absolute atomic E-state index is 0.266. The van der Waals surface area contributed by atoms with E-state index in [9.17, 15) is 4.79 Å². The number of halogens is 1. The quantitative estimate of drug-likeness (QED) is 0.750. The predicted octanol–water partition coefficient (Wildman–Crippen LogP) is 2.47. The summed E-state index contributed by atoms with van der Waals surface area (Å²) in [5, 5.41) is 0. The molecule has 0 aliphatic carbocycles. The molecule has 0 N–H and O–H groups in total. The van der Waals surface area contributed by atoms with Gasteiger partial charge in [-0.3, -0.25) is 4.79 Å². The molecule has 0 saturated carbocycles. The van der Waals surface area contributed by atoms with Crippen LogP contribution >= 0.6 is 15.9 Å². The fourth-order valence-electron chi connectivity index (χ4n) is 0.815. The van der Waals surface area contributed by atoms with Crippen LogP contribution < -0.4 is 4.74 Å². The Balaban J connectivity index is 2.83. The van der Waals surface area contributed by atoms with Gasteiger partial charge in [-0.1, -0.05) is 6.92 Å². The number of nitrogens with zero attached hydrogens (tertiary/aromatic N) is 1. The van der Waals surface area contributed by atoms with E-state index in [-0.39, 0.29) is 5.97 Å². The summed E-state index contributed by atoms with van der Waals surface area (Å²) in [6.45, 7) is 3.59. The van der Waals surface area contributed by atoms with Crippen LogP contribution in [0.5, 0.6) is 5.88 Å². The first kappa shape index (κ1) is 10.2. The molecule has 1 aromatic heterocycles. The van der Waals surface area contributed by atoms with Crippen molar-refractivity contribution in [2.45, 2.75) is 20.3 Å². The fourth-order valence-corrected chi connectivity index (χ4v) is 1.26. The summed E-state index contributed by atoms with van der Waals surface area (Å²) in [4.78, 5) is 14.9. The Hall–Kier alpha value is -0.900. The topological polar surface area (TPSA) is 39.2 Å². The molecule has 3 nitrogen and oxygen atoms in total. The molecule has 1 heterocycles. The van der Waals surface area contributed by atoms with Gasteiger partial charge in [-0.25, -0.2) is 4.98 Å². The zero-order valence-electron chi connectivity index (χ0n) is 7.50. The van der Waals surface area contributed by atoms with Gasteiger partial charge >= 0.3 is 5.97 Å². The van der Waals surface area contributed by atoms with Crippen LogP contribution in [0.25, 0.3) is 0 Å². The van der Waals surface area contributed by atoms with Crippen LogP contribution in [-0.2, 0) is 4.79 Å². The highest BCUT2D eigenvalue weighted by molar-refractivity contribution is 9.10. The molecular weight excluding hydrogens is 234 g/mol. The molecule has 0 fully saturated rings. The van der Waals surface area contributed by atoms with Crippen molar-refractivity contribution in [3.05, 3.63) is 22.3 Å². The number of aryl methyl sites for hydroxylation is 1. The highest BCUT2D eigenvalue weighted by atomic mass is 79.9. The smallest absolute Gasteiger partial charge is 0.312 e. The molecule has 0 aliphatic heterocycles. The summed E-state index contributed by atoms with van der Waals surface area (Å²) in [5.74, 6) is 0.118. The van der Waals surface area contributed by atoms with Gasteiger partial charge in [0.15, 0.2) is 0 Å². The van der Waals surface area contributed by atoms with E-state index in [1.807, 2.05) is 13.0 Å². The number of aromatic nitrogens is 1. The van der Waals surface area contributed by atoms with Gasteiger partial charge in [-0.05, 0) is 28.9 Å². The number of carbonyl (C=O) groups excluding carboxylic acids is 1. The van der Waals surface area contributed by atoms with Crippen molar-refractivity contribution in [1.29, 1.82) is 0 Å². The van der Waals surface area contributed by atoms with Crippen molar-refractivity contribution < 1.29 is 9.53 Å². The van der Waals surface area contributed by atoms with Crippen LogP contribution in [0.2, 0.25) is 0 Å². The number of ether oxygens (including phenoxy) is 1. The largest absolute Gasteiger partial charge is 0.407 e. The monoisotopic (exact) mass is 243 g/mol. The van der Waals surface area contributed by atoms with Crippen molar-refractivity contribution in [1.82, 2.24) is 4.98 Å². The van der Waals surface area contributed by atoms with E-state index in [0.29, 0.717) is 12.3 Å². The third-order valence-corrected chi connectivity index (χ3v) is 1.93. The summed E-state index contributed by atoms with van der Waals surface area (Å²) >= 11 is 3.28. The maximum absolute atomic E-state index is 10.9. The molecule has 0 aliphatic rings. The summed E-state index contributed by atoms with van der Waals surface area (Å²) in [7, 11) is 0. The third kappa shape index (κ3) is 2.81. The second-order valence-electron chi connectivity index (χ2n) is 2.60. The van der Waals surface area contributed by atoms with Crippen molar-refractivity contribution in [2.75, 3.05) is 0 Å². The van der Waals surface area contributed by atoms with E-state index in [1.54, 1.807) is 13.1 Å². The molecule has 0 aromatic carbocycles. The lowest BCUT2D eigenvalue weighted by Gasteiger charge is -2.04. The molecule has 0 atom stereocenters. The van der Waals surface area contributed by atoms with Crippen molar-refractivity contribution in [3.63, 3.8) is 0 Å². The Kier molecular flexibility index (Phi) is 3.42. The zero-order valence-corrected chi connectivity index (χ0v) is 9.09. The molecular formula is C9H10BrNO2. The summed E-state index contributed by atoms with van der Waals surface area (Å²) in [6.07, 6.45) is 1.96. The van der Waals surface area contributed by atoms with Crippen molar-refractivity contribution >= 4 is 21.9 Å². The average molecular weight is 244 g/mol.